The maximum atomic E-state index is 10.0. The first-order chi connectivity index (χ1) is 6.02. The van der Waals surface area contributed by atoms with Crippen LogP contribution in [0.4, 0.5) is 0 Å². The Hall–Kier alpha value is -0.950. The van der Waals surface area contributed by atoms with E-state index in [9.17, 15) is 9.79 Å². The first-order valence-electron chi connectivity index (χ1n) is 3.87. The molecule has 0 spiro atoms. The van der Waals surface area contributed by atoms with Gasteiger partial charge in [0.1, 0.15) is 0 Å². The molecule has 1 aromatic carbocycles. The average molecular weight is 196 g/mol. The Balaban J connectivity index is 3.35. The van der Waals surface area contributed by atoms with Crippen LogP contribution in [0.2, 0.25) is 0 Å². The quantitative estimate of drug-likeness (QED) is 0.725. The minimum atomic E-state index is -4.02. The van der Waals surface area contributed by atoms with Crippen molar-refractivity contribution < 1.29 is 9.79 Å². The van der Waals surface area contributed by atoms with Crippen molar-refractivity contribution in [3.05, 3.63) is 55.1 Å². The topological polar surface area (TPSA) is 40.5 Å². The second kappa shape index (κ2) is 3.08. The van der Waals surface area contributed by atoms with E-state index in [0.717, 1.165) is 0 Å². The monoisotopic (exact) mass is 196 g/mol. The van der Waals surface area contributed by atoms with E-state index >= 15 is 0 Å². The van der Waals surface area contributed by atoms with Crippen molar-refractivity contribution >= 4 is 12.4 Å². The van der Waals surface area contributed by atoms with Gasteiger partial charge in [-0.3, -0.25) is 0 Å². The van der Waals surface area contributed by atoms with Gasteiger partial charge in [-0.1, -0.05) is 0 Å². The summed E-state index contributed by atoms with van der Waals surface area (Å²) in [5, 5.41) is 0.457. The molecule has 0 fully saturated rings. The second-order valence-electron chi connectivity index (χ2n) is 2.86. The summed E-state index contributed by atoms with van der Waals surface area (Å²) in [6.07, 6.45) is 0. The maximum absolute atomic E-state index is 10.0. The van der Waals surface area contributed by atoms with Crippen molar-refractivity contribution in [2.45, 2.75) is 0 Å². The molecule has 0 atom stereocenters. The van der Waals surface area contributed by atoms with Crippen molar-refractivity contribution in [3.63, 3.8) is 0 Å². The Kier molecular flexibility index (Phi) is 2.40. The number of benzene rings is 1. The zero-order valence-corrected chi connectivity index (χ0v) is 8.19. The van der Waals surface area contributed by atoms with Crippen molar-refractivity contribution in [1.29, 1.82) is 0 Å². The van der Waals surface area contributed by atoms with E-state index in [2.05, 4.69) is 13.2 Å². The minimum absolute atomic E-state index is 0.457. The SMILES string of the molecule is C=CP(O)(O)(C=C)c1ccccc1. The van der Waals surface area contributed by atoms with Gasteiger partial charge in [-0.05, 0) is 0 Å². The van der Waals surface area contributed by atoms with Gasteiger partial charge in [-0.15, -0.1) is 0 Å². The molecule has 2 N–H and O–H groups in total. The molecule has 1 aromatic rings. The fourth-order valence-electron chi connectivity index (χ4n) is 1.02. The van der Waals surface area contributed by atoms with Gasteiger partial charge in [-0.2, -0.15) is 0 Å². The summed E-state index contributed by atoms with van der Waals surface area (Å²) in [5.74, 6) is 2.35. The van der Waals surface area contributed by atoms with Crippen LogP contribution in [-0.2, 0) is 0 Å². The summed E-state index contributed by atoms with van der Waals surface area (Å²) in [7, 11) is -4.02. The summed E-state index contributed by atoms with van der Waals surface area (Å²) in [6.45, 7) is 6.88. The van der Waals surface area contributed by atoms with Gasteiger partial charge in [-0.25, -0.2) is 0 Å². The Morgan fingerprint density at radius 1 is 1.00 bits per heavy atom. The predicted octanol–water partition coefficient (Wildman–Crippen LogP) is 1.97. The molecule has 0 aromatic heterocycles. The predicted molar refractivity (Wildman–Crippen MR) is 57.8 cm³/mol. The zero-order valence-electron chi connectivity index (χ0n) is 7.30. The molecule has 0 heterocycles. The van der Waals surface area contributed by atoms with E-state index in [1.807, 2.05) is 6.07 Å². The van der Waals surface area contributed by atoms with Crippen LogP contribution in [0.25, 0.3) is 0 Å². The molecule has 0 amide bonds. The van der Waals surface area contributed by atoms with E-state index < -0.39 is 7.06 Å². The fraction of sp³-hybridized carbons (Fsp3) is 0. The van der Waals surface area contributed by atoms with Crippen LogP contribution in [0, 0.1) is 0 Å². The summed E-state index contributed by atoms with van der Waals surface area (Å²) >= 11 is 0. The molecule has 2 nitrogen and oxygen atoms in total. The Morgan fingerprint density at radius 2 is 1.46 bits per heavy atom. The summed E-state index contributed by atoms with van der Waals surface area (Å²) in [6, 6.07) is 8.61. The van der Waals surface area contributed by atoms with Crippen LogP contribution >= 0.6 is 7.06 Å². The third-order valence-corrected chi connectivity index (χ3v) is 4.80. The summed E-state index contributed by atoms with van der Waals surface area (Å²) in [5.41, 5.74) is 0. The molecule has 3 heteroatoms. The van der Waals surface area contributed by atoms with E-state index in [-0.39, 0.29) is 0 Å². The van der Waals surface area contributed by atoms with Crippen molar-refractivity contribution in [3.8, 4) is 0 Å². The molecular weight excluding hydrogens is 183 g/mol. The third kappa shape index (κ3) is 1.70. The van der Waals surface area contributed by atoms with Gasteiger partial charge in [0.25, 0.3) is 0 Å². The fourth-order valence-corrected chi connectivity index (χ4v) is 2.37. The molecule has 13 heavy (non-hydrogen) atoms. The van der Waals surface area contributed by atoms with E-state index in [1.54, 1.807) is 24.3 Å². The van der Waals surface area contributed by atoms with Crippen LogP contribution in [0.5, 0.6) is 0 Å². The van der Waals surface area contributed by atoms with Gasteiger partial charge in [0.15, 0.2) is 0 Å². The number of hydrogen-bond acceptors (Lipinski definition) is 2. The van der Waals surface area contributed by atoms with Crippen molar-refractivity contribution in [2.75, 3.05) is 0 Å². The molecule has 0 saturated heterocycles. The van der Waals surface area contributed by atoms with E-state index in [1.165, 1.54) is 11.6 Å². The molecule has 0 aliphatic rings. The van der Waals surface area contributed by atoms with E-state index in [4.69, 9.17) is 0 Å². The first-order valence-corrected chi connectivity index (χ1v) is 6.15. The molecule has 1 rings (SSSR count). The first kappa shape index (κ1) is 10.1. The number of rotatable bonds is 3. The Bertz CT molecular complexity index is 318. The van der Waals surface area contributed by atoms with Crippen molar-refractivity contribution in [2.24, 2.45) is 0 Å². The number of hydrogen-bond donors (Lipinski definition) is 2. The molecule has 0 radical (unpaired) electrons. The van der Waals surface area contributed by atoms with Gasteiger partial charge in [0.2, 0.25) is 0 Å². The van der Waals surface area contributed by atoms with Gasteiger partial charge in [0.05, 0.1) is 0 Å². The molecule has 0 aliphatic carbocycles. The van der Waals surface area contributed by atoms with Crippen LogP contribution in [-0.4, -0.2) is 9.79 Å². The third-order valence-electron chi connectivity index (χ3n) is 2.01. The zero-order chi connectivity index (χ0) is 9.97. The van der Waals surface area contributed by atoms with Gasteiger partial charge >= 0.3 is 77.3 Å². The van der Waals surface area contributed by atoms with Crippen LogP contribution in [0.3, 0.4) is 0 Å². The molecule has 0 saturated carbocycles. The van der Waals surface area contributed by atoms with Crippen molar-refractivity contribution in [1.82, 2.24) is 0 Å². The molecule has 0 aliphatic heterocycles. The standard InChI is InChI=1S/C10H13O2P/c1-3-13(11,12,4-2)10-8-6-5-7-9-10/h3-9,11-12H,1-2H2. The van der Waals surface area contributed by atoms with Crippen LogP contribution < -0.4 is 5.30 Å². The molecule has 70 valence electrons. The molecular formula is C10H13O2P. The van der Waals surface area contributed by atoms with Gasteiger partial charge < -0.3 is 0 Å². The van der Waals surface area contributed by atoms with Crippen LogP contribution in [0.1, 0.15) is 0 Å². The summed E-state index contributed by atoms with van der Waals surface area (Å²) in [4.78, 5) is 20.0. The molecule has 0 bridgehead atoms. The van der Waals surface area contributed by atoms with E-state index in [0.29, 0.717) is 5.30 Å². The normalized spacial score (nSPS) is 14.2. The summed E-state index contributed by atoms with van der Waals surface area (Å²) < 4.78 is 0. The Labute approximate surface area is 77.9 Å². The van der Waals surface area contributed by atoms with Gasteiger partial charge in [0, 0.05) is 0 Å². The second-order valence-corrected chi connectivity index (χ2v) is 6.42. The Morgan fingerprint density at radius 3 is 1.85 bits per heavy atom. The van der Waals surface area contributed by atoms with Crippen LogP contribution in [0.15, 0.2) is 55.1 Å². The molecule has 0 unspecified atom stereocenters. The average Bonchev–Trinajstić information content (AvgIpc) is 2.20.